The fourth-order valence-corrected chi connectivity index (χ4v) is 5.69. The average molecular weight is 422 g/mol. The van der Waals surface area contributed by atoms with Gasteiger partial charge in [0.1, 0.15) is 11.2 Å². The van der Waals surface area contributed by atoms with Gasteiger partial charge in [0, 0.05) is 18.7 Å². The highest BCUT2D eigenvalue weighted by Crippen LogP contribution is 2.54. The molecule has 2 fully saturated rings. The van der Waals surface area contributed by atoms with Crippen molar-refractivity contribution < 1.29 is 14.0 Å². The number of likely N-dealkylation sites (tertiary alicyclic amines) is 2. The molecule has 3 aliphatic rings. The van der Waals surface area contributed by atoms with E-state index in [1.165, 1.54) is 12.1 Å². The van der Waals surface area contributed by atoms with Crippen LogP contribution in [-0.2, 0) is 15.0 Å². The molecule has 0 bridgehead atoms. The number of halogens is 1. The Kier molecular flexibility index (Phi) is 5.05. The van der Waals surface area contributed by atoms with E-state index in [-0.39, 0.29) is 17.6 Å². The third-order valence-electron chi connectivity index (χ3n) is 7.39. The van der Waals surface area contributed by atoms with Gasteiger partial charge in [-0.15, -0.1) is 0 Å². The summed E-state index contributed by atoms with van der Waals surface area (Å²) in [4.78, 5) is 31.1. The lowest BCUT2D eigenvalue weighted by atomic mass is 9.72. The molecule has 3 aliphatic heterocycles. The molecule has 1 N–H and O–H groups in total. The molecule has 5 rings (SSSR count). The second-order valence-corrected chi connectivity index (χ2v) is 9.21. The van der Waals surface area contributed by atoms with Crippen molar-refractivity contribution in [1.82, 2.24) is 9.80 Å². The molecule has 2 amide bonds. The Bertz CT molecular complexity index is 1000. The van der Waals surface area contributed by atoms with E-state index in [1.54, 1.807) is 12.1 Å². The van der Waals surface area contributed by atoms with E-state index < -0.39 is 11.5 Å². The van der Waals surface area contributed by atoms with Crippen LogP contribution in [0.25, 0.3) is 0 Å². The van der Waals surface area contributed by atoms with Crippen LogP contribution in [0, 0.1) is 11.7 Å². The van der Waals surface area contributed by atoms with Crippen LogP contribution < -0.4 is 5.32 Å². The summed E-state index contributed by atoms with van der Waals surface area (Å²) in [5.41, 5.74) is 1.72. The maximum absolute atomic E-state index is 13.7. The highest BCUT2D eigenvalue weighted by atomic mass is 19.1. The van der Waals surface area contributed by atoms with E-state index in [9.17, 15) is 14.0 Å². The lowest BCUT2D eigenvalue weighted by Gasteiger charge is -2.36. The zero-order valence-corrected chi connectivity index (χ0v) is 17.8. The standard InChI is InChI=1S/C25H28FN3O2/c1-28-13-10-17(11-14-28)16-22(30)29-15-12-25(23(29)18-6-8-19(26)9-7-18)20-4-2-3-5-21(20)27-24(25)31/h2-9,17,23H,10-16H2,1H3,(H,27,31)/t23-,25+/m0/s1. The van der Waals surface area contributed by atoms with Crippen LogP contribution in [0.4, 0.5) is 10.1 Å². The monoisotopic (exact) mass is 421 g/mol. The molecule has 1 spiro atoms. The van der Waals surface area contributed by atoms with Gasteiger partial charge in [0.2, 0.25) is 11.8 Å². The minimum absolute atomic E-state index is 0.0717. The molecule has 0 radical (unpaired) electrons. The molecule has 0 saturated carbocycles. The summed E-state index contributed by atoms with van der Waals surface area (Å²) < 4.78 is 13.7. The van der Waals surface area contributed by atoms with E-state index in [2.05, 4.69) is 17.3 Å². The van der Waals surface area contributed by atoms with Gasteiger partial charge in [0.05, 0.1) is 6.04 Å². The van der Waals surface area contributed by atoms with Gasteiger partial charge in [-0.25, -0.2) is 4.39 Å². The molecule has 0 aliphatic carbocycles. The zero-order valence-electron chi connectivity index (χ0n) is 17.8. The lowest BCUT2D eigenvalue weighted by molar-refractivity contribution is -0.134. The third kappa shape index (κ3) is 3.33. The van der Waals surface area contributed by atoms with Gasteiger partial charge >= 0.3 is 0 Å². The summed E-state index contributed by atoms with van der Waals surface area (Å²) >= 11 is 0. The summed E-state index contributed by atoms with van der Waals surface area (Å²) in [6, 6.07) is 13.6. The summed E-state index contributed by atoms with van der Waals surface area (Å²) in [5, 5.41) is 3.03. The van der Waals surface area contributed by atoms with Gasteiger partial charge in [-0.05, 0) is 74.6 Å². The SMILES string of the molecule is CN1CCC(CC(=O)N2CC[C@]3(C(=O)Nc4ccccc43)[C@@H]2c2ccc(F)cc2)CC1. The number of hydrogen-bond donors (Lipinski definition) is 1. The van der Waals surface area contributed by atoms with Crippen molar-refractivity contribution in [2.75, 3.05) is 32.0 Å². The molecular weight excluding hydrogens is 393 g/mol. The Hall–Kier alpha value is -2.73. The fraction of sp³-hybridized carbons (Fsp3) is 0.440. The van der Waals surface area contributed by atoms with Crippen LogP contribution in [0.15, 0.2) is 48.5 Å². The van der Waals surface area contributed by atoms with Crippen LogP contribution >= 0.6 is 0 Å². The first-order valence-electron chi connectivity index (χ1n) is 11.1. The molecule has 0 aromatic heterocycles. The summed E-state index contributed by atoms with van der Waals surface area (Å²) in [6.07, 6.45) is 3.11. The van der Waals surface area contributed by atoms with Crippen molar-refractivity contribution in [3.8, 4) is 0 Å². The van der Waals surface area contributed by atoms with Gasteiger partial charge in [-0.1, -0.05) is 30.3 Å². The number of amides is 2. The molecule has 2 aromatic rings. The molecule has 31 heavy (non-hydrogen) atoms. The number of carbonyl (C=O) groups excluding carboxylic acids is 2. The second-order valence-electron chi connectivity index (χ2n) is 9.21. The van der Waals surface area contributed by atoms with Crippen LogP contribution in [0.2, 0.25) is 0 Å². The number of hydrogen-bond acceptors (Lipinski definition) is 3. The molecule has 162 valence electrons. The highest BCUT2D eigenvalue weighted by molar-refractivity contribution is 6.07. The Morgan fingerprint density at radius 3 is 2.55 bits per heavy atom. The third-order valence-corrected chi connectivity index (χ3v) is 7.39. The molecule has 5 nitrogen and oxygen atoms in total. The van der Waals surface area contributed by atoms with Crippen molar-refractivity contribution in [1.29, 1.82) is 0 Å². The van der Waals surface area contributed by atoms with Crippen molar-refractivity contribution >= 4 is 17.5 Å². The number of rotatable bonds is 3. The maximum atomic E-state index is 13.7. The van der Waals surface area contributed by atoms with Gasteiger partial charge < -0.3 is 15.1 Å². The van der Waals surface area contributed by atoms with Gasteiger partial charge in [0.25, 0.3) is 0 Å². The Balaban J connectivity index is 1.51. The molecule has 0 unspecified atom stereocenters. The first-order valence-corrected chi connectivity index (χ1v) is 11.1. The van der Waals surface area contributed by atoms with Crippen LogP contribution in [0.1, 0.15) is 42.9 Å². The maximum Gasteiger partial charge on any atom is 0.237 e. The minimum atomic E-state index is -0.836. The van der Waals surface area contributed by atoms with Gasteiger partial charge in [-0.3, -0.25) is 9.59 Å². The first kappa shape index (κ1) is 20.2. The summed E-state index contributed by atoms with van der Waals surface area (Å²) in [7, 11) is 2.11. The number of anilines is 1. The number of nitrogens with zero attached hydrogens (tertiary/aromatic N) is 2. The largest absolute Gasteiger partial charge is 0.334 e. The number of benzene rings is 2. The normalized spacial score (nSPS) is 26.3. The number of para-hydroxylation sites is 1. The fourth-order valence-electron chi connectivity index (χ4n) is 5.69. The number of fused-ring (bicyclic) bond motifs is 2. The van der Waals surface area contributed by atoms with E-state index in [0.29, 0.717) is 25.3 Å². The predicted octanol–water partition coefficient (Wildman–Crippen LogP) is 3.72. The quantitative estimate of drug-likeness (QED) is 0.822. The van der Waals surface area contributed by atoms with E-state index >= 15 is 0 Å². The van der Waals surface area contributed by atoms with E-state index in [1.807, 2.05) is 29.2 Å². The molecule has 2 saturated heterocycles. The highest BCUT2D eigenvalue weighted by Gasteiger charge is 2.59. The molecule has 2 atom stereocenters. The Labute approximate surface area is 182 Å². The summed E-state index contributed by atoms with van der Waals surface area (Å²) in [6.45, 7) is 2.55. The Morgan fingerprint density at radius 1 is 1.10 bits per heavy atom. The van der Waals surface area contributed by atoms with E-state index in [0.717, 1.165) is 42.7 Å². The number of piperidine rings is 1. The van der Waals surface area contributed by atoms with Gasteiger partial charge in [0.15, 0.2) is 0 Å². The molecule has 2 aromatic carbocycles. The molecular formula is C25H28FN3O2. The summed E-state index contributed by atoms with van der Waals surface area (Å²) in [5.74, 6) is 0.0747. The first-order chi connectivity index (χ1) is 15.0. The van der Waals surface area contributed by atoms with Crippen molar-refractivity contribution in [2.24, 2.45) is 5.92 Å². The zero-order chi connectivity index (χ0) is 21.6. The topological polar surface area (TPSA) is 52.7 Å². The Morgan fingerprint density at radius 2 is 1.81 bits per heavy atom. The predicted molar refractivity (Wildman–Crippen MR) is 117 cm³/mol. The van der Waals surface area contributed by atoms with Crippen molar-refractivity contribution in [3.63, 3.8) is 0 Å². The minimum Gasteiger partial charge on any atom is -0.334 e. The van der Waals surface area contributed by atoms with Gasteiger partial charge in [-0.2, -0.15) is 0 Å². The average Bonchev–Trinajstić information content (AvgIpc) is 3.30. The second kappa shape index (κ2) is 7.75. The van der Waals surface area contributed by atoms with Crippen molar-refractivity contribution in [2.45, 2.75) is 37.1 Å². The molecule has 3 heterocycles. The number of nitrogens with one attached hydrogen (secondary N) is 1. The van der Waals surface area contributed by atoms with E-state index in [4.69, 9.17) is 0 Å². The van der Waals surface area contributed by atoms with Crippen LogP contribution in [0.3, 0.4) is 0 Å². The lowest BCUT2D eigenvalue weighted by Crippen LogP contribution is -2.43. The van der Waals surface area contributed by atoms with Crippen molar-refractivity contribution in [3.05, 3.63) is 65.5 Å². The number of carbonyl (C=O) groups is 2. The smallest absolute Gasteiger partial charge is 0.237 e. The van der Waals surface area contributed by atoms with Crippen LogP contribution in [-0.4, -0.2) is 48.3 Å². The van der Waals surface area contributed by atoms with Crippen LogP contribution in [0.5, 0.6) is 0 Å². The molecule has 6 heteroatoms.